The van der Waals surface area contributed by atoms with Gasteiger partial charge in [0.05, 0.1) is 12.3 Å². The lowest BCUT2D eigenvalue weighted by atomic mass is 9.99. The summed E-state index contributed by atoms with van der Waals surface area (Å²) in [6.45, 7) is -0.558. The number of benzene rings is 2. The molecule has 4 aromatic rings. The third-order valence-corrected chi connectivity index (χ3v) is 5.94. The van der Waals surface area contributed by atoms with Gasteiger partial charge in [-0.15, -0.1) is 0 Å². The van der Waals surface area contributed by atoms with Crippen LogP contribution in [0.4, 0.5) is 0 Å². The van der Waals surface area contributed by atoms with Gasteiger partial charge in [0.2, 0.25) is 0 Å². The molecule has 0 radical (unpaired) electrons. The molecule has 10 heteroatoms. The highest BCUT2D eigenvalue weighted by Gasteiger charge is 2.45. The molecule has 5 N–H and O–H groups in total. The topological polar surface area (TPSA) is 142 Å². The van der Waals surface area contributed by atoms with Crippen molar-refractivity contribution >= 4 is 10.9 Å². The number of aliphatic hydroxyl groups excluding tert-OH is 4. The van der Waals surface area contributed by atoms with Crippen LogP contribution in [0.2, 0.25) is 0 Å². The Hall–Kier alpha value is -3.25. The van der Waals surface area contributed by atoms with Gasteiger partial charge in [0.15, 0.2) is 18.1 Å². The van der Waals surface area contributed by atoms with E-state index in [1.165, 1.54) is 0 Å². The van der Waals surface area contributed by atoms with Crippen LogP contribution in [0.25, 0.3) is 16.6 Å². The molecule has 5 rings (SSSR count). The van der Waals surface area contributed by atoms with E-state index in [2.05, 4.69) is 10.1 Å². The second-order valence-corrected chi connectivity index (χ2v) is 8.16. The van der Waals surface area contributed by atoms with Crippen LogP contribution < -0.4 is 4.89 Å². The Labute approximate surface area is 194 Å². The highest BCUT2D eigenvalue weighted by Crippen LogP contribution is 2.32. The summed E-state index contributed by atoms with van der Waals surface area (Å²) in [7, 11) is 0. The van der Waals surface area contributed by atoms with Crippen LogP contribution in [0.15, 0.2) is 67.1 Å². The standard InChI is InChI=1S/C24H25N3O7/c28-13-19-21(29)22(30)23(24(31)32-19)34-33-18-4-1-3-17-20(18)15(12-25-17)11-14-5-7-16(8-6-14)27-10-2-9-26-27/h1-10,12,19,21-25,28-31H,11,13H2/t19-,21-,22+,23-,24-/m1/s1. The van der Waals surface area contributed by atoms with Crippen molar-refractivity contribution in [3.8, 4) is 11.4 Å². The third-order valence-electron chi connectivity index (χ3n) is 5.94. The van der Waals surface area contributed by atoms with E-state index < -0.39 is 37.3 Å². The van der Waals surface area contributed by atoms with E-state index in [-0.39, 0.29) is 0 Å². The Morgan fingerprint density at radius 3 is 2.59 bits per heavy atom. The Kier molecular flexibility index (Phi) is 6.33. The average molecular weight is 467 g/mol. The van der Waals surface area contributed by atoms with Crippen molar-refractivity contribution in [2.45, 2.75) is 37.1 Å². The Morgan fingerprint density at radius 2 is 1.85 bits per heavy atom. The monoisotopic (exact) mass is 467 g/mol. The predicted molar refractivity (Wildman–Crippen MR) is 120 cm³/mol. The quantitative estimate of drug-likeness (QED) is 0.201. The number of fused-ring (bicyclic) bond motifs is 1. The van der Waals surface area contributed by atoms with Gasteiger partial charge in [-0.25, -0.2) is 4.68 Å². The highest BCUT2D eigenvalue weighted by atomic mass is 17.2. The van der Waals surface area contributed by atoms with Gasteiger partial charge < -0.3 is 35.0 Å². The lowest BCUT2D eigenvalue weighted by molar-refractivity contribution is -0.364. The van der Waals surface area contributed by atoms with E-state index in [0.717, 1.165) is 27.7 Å². The normalized spacial score (nSPS) is 25.0. The van der Waals surface area contributed by atoms with Crippen LogP contribution in [0.1, 0.15) is 11.1 Å². The number of aliphatic hydroxyl groups is 4. The van der Waals surface area contributed by atoms with Gasteiger partial charge in [-0.3, -0.25) is 0 Å². The van der Waals surface area contributed by atoms with Gasteiger partial charge in [0.1, 0.15) is 18.3 Å². The molecule has 1 aliphatic rings. The zero-order valence-corrected chi connectivity index (χ0v) is 18.1. The first kappa shape index (κ1) is 22.5. The molecule has 0 saturated carbocycles. The van der Waals surface area contributed by atoms with Gasteiger partial charge in [0, 0.05) is 29.5 Å². The van der Waals surface area contributed by atoms with Gasteiger partial charge in [-0.1, -0.05) is 18.2 Å². The second kappa shape index (κ2) is 9.55. The fourth-order valence-electron chi connectivity index (χ4n) is 4.12. The summed E-state index contributed by atoms with van der Waals surface area (Å²) in [5, 5.41) is 44.7. The molecule has 0 bridgehead atoms. The number of rotatable bonds is 7. The fraction of sp³-hybridized carbons (Fsp3) is 0.292. The smallest absolute Gasteiger partial charge is 0.188 e. The average Bonchev–Trinajstić information content (AvgIpc) is 3.53. The molecule has 0 unspecified atom stereocenters. The molecule has 1 fully saturated rings. The van der Waals surface area contributed by atoms with Crippen molar-refractivity contribution in [2.24, 2.45) is 0 Å². The number of nitrogens with one attached hydrogen (secondary N) is 1. The SMILES string of the molecule is OC[C@H]1O[C@@H](O)[C@H](OOc2cccc3[nH]cc(Cc4ccc(-n5cccn5)cc4)c23)[C@@H](O)[C@@H]1O. The van der Waals surface area contributed by atoms with Crippen LogP contribution in [0.3, 0.4) is 0 Å². The van der Waals surface area contributed by atoms with Crippen LogP contribution in [-0.4, -0.2) is 72.5 Å². The van der Waals surface area contributed by atoms with E-state index in [1.807, 2.05) is 48.8 Å². The van der Waals surface area contributed by atoms with Gasteiger partial charge in [0.25, 0.3) is 0 Å². The van der Waals surface area contributed by atoms with Crippen molar-refractivity contribution in [3.05, 3.63) is 78.2 Å². The maximum Gasteiger partial charge on any atom is 0.188 e. The first-order chi connectivity index (χ1) is 16.5. The molecule has 0 aliphatic carbocycles. The predicted octanol–water partition coefficient (Wildman–Crippen LogP) is 1.05. The Bertz CT molecular complexity index is 1230. The number of ether oxygens (including phenoxy) is 1. The molecule has 0 amide bonds. The molecule has 34 heavy (non-hydrogen) atoms. The van der Waals surface area contributed by atoms with E-state index in [0.29, 0.717) is 12.2 Å². The first-order valence-electron chi connectivity index (χ1n) is 10.9. The van der Waals surface area contributed by atoms with E-state index in [9.17, 15) is 20.4 Å². The van der Waals surface area contributed by atoms with Crippen molar-refractivity contribution in [1.82, 2.24) is 14.8 Å². The summed E-state index contributed by atoms with van der Waals surface area (Å²) in [6.07, 6.45) is -0.914. The van der Waals surface area contributed by atoms with Gasteiger partial charge >= 0.3 is 0 Å². The largest absolute Gasteiger partial charge is 0.394 e. The molecule has 1 aliphatic heterocycles. The highest BCUT2D eigenvalue weighted by molar-refractivity contribution is 5.89. The van der Waals surface area contributed by atoms with E-state index >= 15 is 0 Å². The van der Waals surface area contributed by atoms with Crippen molar-refractivity contribution in [1.29, 1.82) is 0 Å². The number of aromatic nitrogens is 3. The summed E-state index contributed by atoms with van der Waals surface area (Å²) in [6, 6.07) is 15.3. The maximum absolute atomic E-state index is 10.3. The molecule has 2 aromatic heterocycles. The summed E-state index contributed by atoms with van der Waals surface area (Å²) < 4.78 is 6.90. The lowest BCUT2D eigenvalue weighted by Gasteiger charge is -2.38. The van der Waals surface area contributed by atoms with Crippen molar-refractivity contribution < 1.29 is 34.9 Å². The molecular formula is C24H25N3O7. The minimum absolute atomic E-state index is 0.375. The van der Waals surface area contributed by atoms with Gasteiger partial charge in [-0.05, 0) is 47.9 Å². The molecule has 0 spiro atoms. The number of aromatic amines is 1. The van der Waals surface area contributed by atoms with Crippen LogP contribution in [-0.2, 0) is 16.0 Å². The minimum Gasteiger partial charge on any atom is -0.394 e. The molecule has 5 atom stereocenters. The van der Waals surface area contributed by atoms with Crippen LogP contribution in [0, 0.1) is 0 Å². The molecule has 1 saturated heterocycles. The number of H-pyrrole nitrogens is 1. The van der Waals surface area contributed by atoms with Crippen LogP contribution in [0.5, 0.6) is 5.75 Å². The van der Waals surface area contributed by atoms with Gasteiger partial charge in [-0.2, -0.15) is 9.99 Å². The van der Waals surface area contributed by atoms with Crippen molar-refractivity contribution in [2.75, 3.05) is 6.61 Å². The number of hydrogen-bond acceptors (Lipinski definition) is 8. The van der Waals surface area contributed by atoms with E-state index in [1.54, 1.807) is 23.0 Å². The van der Waals surface area contributed by atoms with Crippen molar-refractivity contribution in [3.63, 3.8) is 0 Å². The number of hydrogen-bond donors (Lipinski definition) is 5. The molecule has 3 heterocycles. The summed E-state index contributed by atoms with van der Waals surface area (Å²) in [4.78, 5) is 14.0. The summed E-state index contributed by atoms with van der Waals surface area (Å²) in [5.74, 6) is 0.375. The minimum atomic E-state index is -1.59. The van der Waals surface area contributed by atoms with Crippen LogP contribution >= 0.6 is 0 Å². The zero-order valence-electron chi connectivity index (χ0n) is 18.1. The third kappa shape index (κ3) is 4.30. The maximum atomic E-state index is 10.3. The lowest BCUT2D eigenvalue weighted by Crippen LogP contribution is -2.59. The summed E-state index contributed by atoms with van der Waals surface area (Å²) >= 11 is 0. The number of nitrogens with zero attached hydrogens (tertiary/aromatic N) is 2. The first-order valence-corrected chi connectivity index (χ1v) is 10.9. The fourth-order valence-corrected chi connectivity index (χ4v) is 4.12. The zero-order chi connectivity index (χ0) is 23.7. The second-order valence-electron chi connectivity index (χ2n) is 8.16. The molecule has 2 aromatic carbocycles. The van der Waals surface area contributed by atoms with E-state index in [4.69, 9.17) is 14.5 Å². The molecular weight excluding hydrogens is 442 g/mol. The Balaban J connectivity index is 1.34. The molecule has 10 nitrogen and oxygen atoms in total. The molecule has 178 valence electrons. The summed E-state index contributed by atoms with van der Waals surface area (Å²) in [5.41, 5.74) is 3.83. The Morgan fingerprint density at radius 1 is 1.03 bits per heavy atom.